The number of carbonyl (C=O) groups is 1. The molecular formula is C24H33ClN4O4. The summed E-state index contributed by atoms with van der Waals surface area (Å²) in [6.45, 7) is 8.30. The van der Waals surface area contributed by atoms with Crippen LogP contribution in [0.15, 0.2) is 42.6 Å². The fraction of sp³-hybridized carbons (Fsp3) is 0.500. The third-order valence-corrected chi connectivity index (χ3v) is 5.47. The Kier molecular flexibility index (Phi) is 9.75. The Balaban J connectivity index is 1.43. The highest BCUT2D eigenvalue weighted by atomic mass is 35.5. The molecule has 0 bridgehead atoms. The molecule has 33 heavy (non-hydrogen) atoms. The predicted octanol–water partition coefficient (Wildman–Crippen LogP) is 3.05. The molecule has 1 aromatic carbocycles. The zero-order valence-electron chi connectivity index (χ0n) is 19.2. The summed E-state index contributed by atoms with van der Waals surface area (Å²) in [6.07, 6.45) is 2.28. The van der Waals surface area contributed by atoms with Gasteiger partial charge in [0.05, 0.1) is 30.7 Å². The van der Waals surface area contributed by atoms with Crippen LogP contribution in [0.4, 0.5) is 11.5 Å². The molecule has 3 rings (SSSR count). The minimum absolute atomic E-state index is 0.0978. The fourth-order valence-electron chi connectivity index (χ4n) is 3.56. The van der Waals surface area contributed by atoms with Crippen LogP contribution in [0.5, 0.6) is 5.75 Å². The standard InChI is InChI=1S/C24H33ClN4O4/c1-18(2)32-16-21(30)15-28-10-3-11-29(13-12-28)23-9-6-20(14-26-23)27-24(31)17-33-22-7-4-19(25)5-8-22/h4-9,14,18,21,30H,3,10-13,15-17H2,1-2H3,(H,27,31). The molecule has 1 saturated heterocycles. The average Bonchev–Trinajstić information content (AvgIpc) is 3.03. The van der Waals surface area contributed by atoms with E-state index in [1.165, 1.54) is 0 Å². The summed E-state index contributed by atoms with van der Waals surface area (Å²) in [5.41, 5.74) is 0.619. The number of benzene rings is 1. The number of halogens is 1. The summed E-state index contributed by atoms with van der Waals surface area (Å²) in [5, 5.41) is 13.6. The fourth-order valence-corrected chi connectivity index (χ4v) is 3.69. The molecule has 0 saturated carbocycles. The Labute approximate surface area is 200 Å². The molecule has 1 atom stereocenters. The SMILES string of the molecule is CC(C)OCC(O)CN1CCCN(c2ccc(NC(=O)COc3ccc(Cl)cc3)cn2)CC1. The second-order valence-corrected chi connectivity index (χ2v) is 8.81. The second kappa shape index (κ2) is 12.7. The maximum Gasteiger partial charge on any atom is 0.262 e. The number of hydrogen-bond donors (Lipinski definition) is 2. The lowest BCUT2D eigenvalue weighted by atomic mass is 10.3. The molecule has 2 heterocycles. The van der Waals surface area contributed by atoms with Gasteiger partial charge >= 0.3 is 0 Å². The number of nitrogens with one attached hydrogen (secondary N) is 1. The lowest BCUT2D eigenvalue weighted by Crippen LogP contribution is -2.38. The smallest absolute Gasteiger partial charge is 0.262 e. The van der Waals surface area contributed by atoms with Gasteiger partial charge in [0.2, 0.25) is 0 Å². The number of aliphatic hydroxyl groups is 1. The first-order chi connectivity index (χ1) is 15.9. The van der Waals surface area contributed by atoms with Gasteiger partial charge in [0, 0.05) is 31.2 Å². The van der Waals surface area contributed by atoms with Crippen LogP contribution in [0.3, 0.4) is 0 Å². The summed E-state index contributed by atoms with van der Waals surface area (Å²) in [5.74, 6) is 1.19. The molecule has 2 aromatic rings. The maximum atomic E-state index is 12.2. The van der Waals surface area contributed by atoms with Crippen LogP contribution in [0.1, 0.15) is 20.3 Å². The van der Waals surface area contributed by atoms with Gasteiger partial charge in [-0.1, -0.05) is 11.6 Å². The molecule has 0 spiro atoms. The van der Waals surface area contributed by atoms with Gasteiger partial charge in [-0.15, -0.1) is 0 Å². The lowest BCUT2D eigenvalue weighted by Gasteiger charge is -2.24. The van der Waals surface area contributed by atoms with E-state index < -0.39 is 6.10 Å². The summed E-state index contributed by atoms with van der Waals surface area (Å²) < 4.78 is 11.0. The van der Waals surface area contributed by atoms with E-state index in [9.17, 15) is 9.90 Å². The van der Waals surface area contributed by atoms with Crippen molar-refractivity contribution < 1.29 is 19.4 Å². The van der Waals surface area contributed by atoms with Crippen molar-refractivity contribution in [3.05, 3.63) is 47.6 Å². The number of ether oxygens (including phenoxy) is 2. The van der Waals surface area contributed by atoms with Gasteiger partial charge in [0.1, 0.15) is 11.6 Å². The van der Waals surface area contributed by atoms with E-state index in [0.29, 0.717) is 29.6 Å². The van der Waals surface area contributed by atoms with Crippen LogP contribution in [-0.2, 0) is 9.53 Å². The Morgan fingerprint density at radius 3 is 2.64 bits per heavy atom. The molecule has 9 heteroatoms. The third kappa shape index (κ3) is 8.81. The predicted molar refractivity (Wildman–Crippen MR) is 130 cm³/mol. The van der Waals surface area contributed by atoms with Crippen LogP contribution >= 0.6 is 11.6 Å². The number of hydrogen-bond acceptors (Lipinski definition) is 7. The molecule has 2 N–H and O–H groups in total. The number of pyridine rings is 1. The van der Waals surface area contributed by atoms with Gasteiger partial charge < -0.3 is 24.8 Å². The number of amides is 1. The first kappa shape index (κ1) is 25.2. The highest BCUT2D eigenvalue weighted by molar-refractivity contribution is 6.30. The quantitative estimate of drug-likeness (QED) is 0.545. The monoisotopic (exact) mass is 476 g/mol. The molecule has 1 unspecified atom stereocenters. The van der Waals surface area contributed by atoms with E-state index in [-0.39, 0.29) is 18.6 Å². The number of anilines is 2. The Hall–Kier alpha value is -2.39. The van der Waals surface area contributed by atoms with Crippen LogP contribution in [0.2, 0.25) is 5.02 Å². The molecule has 8 nitrogen and oxygen atoms in total. The second-order valence-electron chi connectivity index (χ2n) is 8.37. The number of β-amino-alcohol motifs (C(OH)–C–C–N with tert-alkyl or cyclic N) is 1. The van der Waals surface area contributed by atoms with Crippen molar-refractivity contribution in [2.24, 2.45) is 0 Å². The third-order valence-electron chi connectivity index (χ3n) is 5.22. The van der Waals surface area contributed by atoms with Gasteiger partial charge in [0.25, 0.3) is 5.91 Å². The minimum Gasteiger partial charge on any atom is -0.484 e. The molecule has 1 aliphatic heterocycles. The average molecular weight is 477 g/mol. The molecule has 0 radical (unpaired) electrons. The zero-order chi connectivity index (χ0) is 23.6. The Morgan fingerprint density at radius 2 is 1.94 bits per heavy atom. The largest absolute Gasteiger partial charge is 0.484 e. The van der Waals surface area contributed by atoms with E-state index in [1.54, 1.807) is 30.5 Å². The van der Waals surface area contributed by atoms with Crippen LogP contribution in [0.25, 0.3) is 0 Å². The van der Waals surface area contributed by atoms with Gasteiger partial charge in [-0.05, 0) is 63.2 Å². The number of aromatic nitrogens is 1. The van der Waals surface area contributed by atoms with Crippen LogP contribution in [0, 0.1) is 0 Å². The van der Waals surface area contributed by atoms with E-state index >= 15 is 0 Å². The van der Waals surface area contributed by atoms with Crippen molar-refractivity contribution in [3.8, 4) is 5.75 Å². The first-order valence-corrected chi connectivity index (χ1v) is 11.7. The molecule has 1 amide bonds. The molecular weight excluding hydrogens is 444 g/mol. The van der Waals surface area contributed by atoms with E-state index in [4.69, 9.17) is 21.1 Å². The van der Waals surface area contributed by atoms with Gasteiger partial charge in [-0.25, -0.2) is 4.98 Å². The van der Waals surface area contributed by atoms with E-state index in [1.807, 2.05) is 26.0 Å². The Bertz CT molecular complexity index is 864. The van der Waals surface area contributed by atoms with Crippen molar-refractivity contribution in [3.63, 3.8) is 0 Å². The van der Waals surface area contributed by atoms with Crippen molar-refractivity contribution in [2.45, 2.75) is 32.5 Å². The molecule has 1 aliphatic rings. The maximum absolute atomic E-state index is 12.2. The van der Waals surface area contributed by atoms with E-state index in [2.05, 4.69) is 20.1 Å². The summed E-state index contributed by atoms with van der Waals surface area (Å²) in [7, 11) is 0. The summed E-state index contributed by atoms with van der Waals surface area (Å²) in [6, 6.07) is 10.6. The summed E-state index contributed by atoms with van der Waals surface area (Å²) >= 11 is 5.85. The lowest BCUT2D eigenvalue weighted by molar-refractivity contribution is -0.118. The minimum atomic E-state index is -0.483. The van der Waals surface area contributed by atoms with E-state index in [0.717, 1.165) is 38.4 Å². The molecule has 1 fully saturated rings. The van der Waals surface area contributed by atoms with Gasteiger partial charge in [-0.2, -0.15) is 0 Å². The number of aliphatic hydroxyl groups excluding tert-OH is 1. The van der Waals surface area contributed by atoms with Crippen LogP contribution < -0.4 is 15.0 Å². The van der Waals surface area contributed by atoms with Gasteiger partial charge in [-0.3, -0.25) is 9.69 Å². The molecule has 0 aliphatic carbocycles. The molecule has 180 valence electrons. The van der Waals surface area contributed by atoms with Crippen molar-refractivity contribution >= 4 is 29.0 Å². The normalized spacial score (nSPS) is 15.8. The number of rotatable bonds is 10. The highest BCUT2D eigenvalue weighted by Gasteiger charge is 2.19. The van der Waals surface area contributed by atoms with Crippen molar-refractivity contribution in [1.29, 1.82) is 0 Å². The summed E-state index contributed by atoms with van der Waals surface area (Å²) in [4.78, 5) is 21.2. The molecule has 1 aromatic heterocycles. The first-order valence-electron chi connectivity index (χ1n) is 11.3. The van der Waals surface area contributed by atoms with Crippen molar-refractivity contribution in [1.82, 2.24) is 9.88 Å². The zero-order valence-corrected chi connectivity index (χ0v) is 20.0. The number of carbonyl (C=O) groups excluding carboxylic acids is 1. The van der Waals surface area contributed by atoms with Gasteiger partial charge in [0.15, 0.2) is 6.61 Å². The van der Waals surface area contributed by atoms with Crippen molar-refractivity contribution in [2.75, 3.05) is 56.2 Å². The van der Waals surface area contributed by atoms with Crippen LogP contribution in [-0.4, -0.2) is 79.0 Å². The Morgan fingerprint density at radius 1 is 1.15 bits per heavy atom. The topological polar surface area (TPSA) is 87.2 Å². The highest BCUT2D eigenvalue weighted by Crippen LogP contribution is 2.18. The number of nitrogens with zero attached hydrogens (tertiary/aromatic N) is 3.